The highest BCUT2D eigenvalue weighted by atomic mass is 16.5. The number of hydrogen-bond donors (Lipinski definition) is 2. The Labute approximate surface area is 129 Å². The number of nitrogens with zero attached hydrogens (tertiary/aromatic N) is 2. The minimum absolute atomic E-state index is 0.148. The second kappa shape index (κ2) is 6.55. The van der Waals surface area contributed by atoms with E-state index < -0.39 is 11.9 Å². The quantitative estimate of drug-likeness (QED) is 0.885. The first kappa shape index (κ1) is 15.9. The van der Waals surface area contributed by atoms with Crippen LogP contribution in [0.5, 0.6) is 5.75 Å². The molecule has 1 aliphatic rings. The van der Waals surface area contributed by atoms with Crippen LogP contribution in [0, 0.1) is 5.92 Å². The van der Waals surface area contributed by atoms with Crippen LogP contribution in [-0.2, 0) is 4.79 Å². The SMILES string of the molecule is CC(CN(C)C(=O)Nc1ccc2c(c1)N(C)CCO2)C(=O)O. The molecule has 1 unspecified atom stereocenters. The molecule has 0 aromatic heterocycles. The van der Waals surface area contributed by atoms with Gasteiger partial charge in [0.25, 0.3) is 0 Å². The molecule has 22 heavy (non-hydrogen) atoms. The van der Waals surface area contributed by atoms with Gasteiger partial charge in [-0.2, -0.15) is 0 Å². The molecule has 1 heterocycles. The fourth-order valence-corrected chi connectivity index (χ4v) is 2.22. The van der Waals surface area contributed by atoms with Crippen LogP contribution < -0.4 is 15.0 Å². The number of nitrogens with one attached hydrogen (secondary N) is 1. The van der Waals surface area contributed by atoms with Crippen molar-refractivity contribution in [3.8, 4) is 5.75 Å². The number of likely N-dealkylation sites (N-methyl/N-ethyl adjacent to an activating group) is 1. The molecule has 0 saturated heterocycles. The predicted molar refractivity (Wildman–Crippen MR) is 83.7 cm³/mol. The second-order valence-corrected chi connectivity index (χ2v) is 5.50. The van der Waals surface area contributed by atoms with Crippen molar-refractivity contribution in [2.24, 2.45) is 5.92 Å². The Morgan fingerprint density at radius 1 is 1.50 bits per heavy atom. The van der Waals surface area contributed by atoms with E-state index in [2.05, 4.69) is 10.2 Å². The fourth-order valence-electron chi connectivity index (χ4n) is 2.22. The van der Waals surface area contributed by atoms with E-state index in [1.54, 1.807) is 20.0 Å². The van der Waals surface area contributed by atoms with E-state index in [1.807, 2.05) is 19.2 Å². The summed E-state index contributed by atoms with van der Waals surface area (Å²) < 4.78 is 5.55. The smallest absolute Gasteiger partial charge is 0.321 e. The lowest BCUT2D eigenvalue weighted by molar-refractivity contribution is -0.141. The van der Waals surface area contributed by atoms with Crippen molar-refractivity contribution in [2.75, 3.05) is 44.0 Å². The molecule has 0 bridgehead atoms. The molecule has 1 aromatic rings. The summed E-state index contributed by atoms with van der Waals surface area (Å²) in [4.78, 5) is 26.4. The van der Waals surface area contributed by atoms with Gasteiger partial charge in [0, 0.05) is 26.3 Å². The summed E-state index contributed by atoms with van der Waals surface area (Å²) >= 11 is 0. The number of urea groups is 1. The van der Waals surface area contributed by atoms with Crippen molar-refractivity contribution in [2.45, 2.75) is 6.92 Å². The average Bonchev–Trinajstić information content (AvgIpc) is 2.47. The van der Waals surface area contributed by atoms with E-state index >= 15 is 0 Å². The van der Waals surface area contributed by atoms with Crippen LogP contribution >= 0.6 is 0 Å². The highest BCUT2D eigenvalue weighted by molar-refractivity contribution is 5.90. The Kier molecular flexibility index (Phi) is 4.75. The third-order valence-electron chi connectivity index (χ3n) is 3.62. The summed E-state index contributed by atoms with van der Waals surface area (Å²) in [6.45, 7) is 3.15. The van der Waals surface area contributed by atoms with Crippen molar-refractivity contribution in [3.05, 3.63) is 18.2 Å². The third kappa shape index (κ3) is 3.60. The Balaban J connectivity index is 2.02. The van der Waals surface area contributed by atoms with Crippen molar-refractivity contribution < 1.29 is 19.4 Å². The first-order valence-corrected chi connectivity index (χ1v) is 7.11. The van der Waals surface area contributed by atoms with Crippen molar-refractivity contribution in [1.29, 1.82) is 0 Å². The van der Waals surface area contributed by atoms with Crippen LogP contribution in [0.25, 0.3) is 0 Å². The van der Waals surface area contributed by atoms with Gasteiger partial charge in [-0.15, -0.1) is 0 Å². The zero-order chi connectivity index (χ0) is 16.3. The van der Waals surface area contributed by atoms with Crippen LogP contribution in [0.3, 0.4) is 0 Å². The average molecular weight is 307 g/mol. The van der Waals surface area contributed by atoms with Crippen LogP contribution in [0.15, 0.2) is 18.2 Å². The van der Waals surface area contributed by atoms with E-state index in [0.717, 1.165) is 18.0 Å². The van der Waals surface area contributed by atoms with E-state index in [9.17, 15) is 9.59 Å². The van der Waals surface area contributed by atoms with Gasteiger partial charge in [0.15, 0.2) is 0 Å². The van der Waals surface area contributed by atoms with Gasteiger partial charge in [0.1, 0.15) is 12.4 Å². The van der Waals surface area contributed by atoms with Gasteiger partial charge in [0.05, 0.1) is 18.2 Å². The van der Waals surface area contributed by atoms with E-state index in [-0.39, 0.29) is 12.6 Å². The molecule has 7 nitrogen and oxygen atoms in total. The lowest BCUT2D eigenvalue weighted by Gasteiger charge is -2.28. The van der Waals surface area contributed by atoms with Gasteiger partial charge in [-0.05, 0) is 18.2 Å². The molecule has 1 aromatic carbocycles. The van der Waals surface area contributed by atoms with Crippen LogP contribution in [0.1, 0.15) is 6.92 Å². The molecule has 0 spiro atoms. The normalized spacial score (nSPS) is 14.6. The molecule has 0 radical (unpaired) electrons. The molecule has 1 aliphatic heterocycles. The Hall–Kier alpha value is -2.44. The number of fused-ring (bicyclic) bond motifs is 1. The Bertz CT molecular complexity index is 576. The highest BCUT2D eigenvalue weighted by Gasteiger charge is 2.19. The maximum atomic E-state index is 12.1. The zero-order valence-corrected chi connectivity index (χ0v) is 13.0. The summed E-state index contributed by atoms with van der Waals surface area (Å²) in [6, 6.07) is 5.10. The molecule has 1 atom stereocenters. The lowest BCUT2D eigenvalue weighted by atomic mass is 10.2. The molecule has 2 N–H and O–H groups in total. The minimum atomic E-state index is -0.924. The van der Waals surface area contributed by atoms with Crippen LogP contribution in [0.2, 0.25) is 0 Å². The van der Waals surface area contributed by atoms with Gasteiger partial charge in [-0.3, -0.25) is 4.79 Å². The lowest BCUT2D eigenvalue weighted by Crippen LogP contribution is -2.36. The first-order chi connectivity index (χ1) is 10.4. The van der Waals surface area contributed by atoms with E-state index in [1.165, 1.54) is 4.90 Å². The fraction of sp³-hybridized carbons (Fsp3) is 0.467. The summed E-state index contributed by atoms with van der Waals surface area (Å²) in [6.07, 6.45) is 0. The Morgan fingerprint density at radius 3 is 2.91 bits per heavy atom. The maximum Gasteiger partial charge on any atom is 0.321 e. The molecule has 2 amide bonds. The van der Waals surface area contributed by atoms with Crippen molar-refractivity contribution >= 4 is 23.4 Å². The summed E-state index contributed by atoms with van der Waals surface area (Å²) in [5, 5.41) is 11.7. The number of carbonyl (C=O) groups excluding carboxylic acids is 1. The summed E-state index contributed by atoms with van der Waals surface area (Å²) in [5.41, 5.74) is 1.57. The Morgan fingerprint density at radius 2 is 2.23 bits per heavy atom. The number of rotatable bonds is 4. The number of carboxylic acids is 1. The van der Waals surface area contributed by atoms with Crippen LogP contribution in [-0.4, -0.2) is 55.8 Å². The van der Waals surface area contributed by atoms with Crippen LogP contribution in [0.4, 0.5) is 16.2 Å². The molecule has 0 aliphatic carbocycles. The van der Waals surface area contributed by atoms with Crippen molar-refractivity contribution in [3.63, 3.8) is 0 Å². The second-order valence-electron chi connectivity index (χ2n) is 5.50. The van der Waals surface area contributed by atoms with Gasteiger partial charge in [-0.1, -0.05) is 6.92 Å². The minimum Gasteiger partial charge on any atom is -0.490 e. The molecular weight excluding hydrogens is 286 g/mol. The topological polar surface area (TPSA) is 82.1 Å². The molecule has 120 valence electrons. The maximum absolute atomic E-state index is 12.1. The number of aliphatic carboxylic acids is 1. The largest absolute Gasteiger partial charge is 0.490 e. The van der Waals surface area contributed by atoms with E-state index in [4.69, 9.17) is 9.84 Å². The summed E-state index contributed by atoms with van der Waals surface area (Å²) in [7, 11) is 3.54. The zero-order valence-electron chi connectivity index (χ0n) is 13.0. The number of benzene rings is 1. The van der Waals surface area contributed by atoms with E-state index in [0.29, 0.717) is 12.3 Å². The van der Waals surface area contributed by atoms with Gasteiger partial charge < -0.3 is 25.0 Å². The third-order valence-corrected chi connectivity index (χ3v) is 3.62. The number of carboxylic acid groups (broad SMARTS) is 1. The number of amides is 2. The highest BCUT2D eigenvalue weighted by Crippen LogP contribution is 2.33. The number of ether oxygens (including phenoxy) is 1. The number of carbonyl (C=O) groups is 2. The summed E-state index contributed by atoms with van der Waals surface area (Å²) in [5.74, 6) is -0.745. The standard InChI is InChI=1S/C15H21N3O4/c1-10(14(19)20)9-18(3)15(21)16-11-4-5-13-12(8-11)17(2)6-7-22-13/h4-5,8,10H,6-7,9H2,1-3H3,(H,16,21)(H,19,20). The molecular formula is C15H21N3O4. The van der Waals surface area contributed by atoms with Crippen molar-refractivity contribution in [1.82, 2.24) is 4.90 Å². The van der Waals surface area contributed by atoms with Gasteiger partial charge in [0.2, 0.25) is 0 Å². The number of hydrogen-bond acceptors (Lipinski definition) is 4. The monoisotopic (exact) mass is 307 g/mol. The van der Waals surface area contributed by atoms with Gasteiger partial charge in [-0.25, -0.2) is 4.79 Å². The number of anilines is 2. The first-order valence-electron chi connectivity index (χ1n) is 7.11. The molecule has 0 saturated carbocycles. The molecule has 0 fully saturated rings. The van der Waals surface area contributed by atoms with Gasteiger partial charge >= 0.3 is 12.0 Å². The molecule has 7 heteroatoms. The molecule has 2 rings (SSSR count). The predicted octanol–water partition coefficient (Wildman–Crippen LogP) is 1.70.